The fraction of sp³-hybridized carbons (Fsp3) is 0.429. The molecule has 0 atom stereocenters. The van der Waals surface area contributed by atoms with E-state index in [0.29, 0.717) is 11.5 Å². The van der Waals surface area contributed by atoms with E-state index >= 15 is 0 Å². The van der Waals surface area contributed by atoms with Crippen LogP contribution in [0.4, 0.5) is 5.69 Å². The van der Waals surface area contributed by atoms with Crippen LogP contribution in [0.25, 0.3) is 10.2 Å². The molecule has 0 saturated heterocycles. The predicted octanol–water partition coefficient (Wildman–Crippen LogP) is 2.50. The quantitative estimate of drug-likeness (QED) is 0.584. The van der Waals surface area contributed by atoms with Crippen molar-refractivity contribution in [2.45, 2.75) is 26.7 Å². The van der Waals surface area contributed by atoms with Gasteiger partial charge in [0.1, 0.15) is 9.82 Å². The summed E-state index contributed by atoms with van der Waals surface area (Å²) in [5.41, 5.74) is 14.6. The van der Waals surface area contributed by atoms with Gasteiger partial charge in [-0.3, -0.25) is 0 Å². The number of nitrogens with zero attached hydrogens (tertiary/aromatic N) is 1. The Kier molecular flexibility index (Phi) is 4.91. The van der Waals surface area contributed by atoms with Crippen molar-refractivity contribution in [2.24, 2.45) is 5.73 Å². The van der Waals surface area contributed by atoms with Crippen LogP contribution in [0.3, 0.4) is 0 Å². The van der Waals surface area contributed by atoms with Gasteiger partial charge in [-0.2, -0.15) is 0 Å². The monoisotopic (exact) mass is 308 g/mol. The van der Waals surface area contributed by atoms with Crippen LogP contribution in [0.15, 0.2) is 6.07 Å². The van der Waals surface area contributed by atoms with Crippen molar-refractivity contribution in [1.29, 1.82) is 0 Å². The second-order valence-corrected chi connectivity index (χ2v) is 6.26. The van der Waals surface area contributed by atoms with Gasteiger partial charge >= 0.3 is 0 Å². The number of aromatic nitrogens is 1. The SMILES string of the molecule is Cc1cc(C)c2c(N)c(C(=S)NCCCCN)sc2n1. The molecule has 5 N–H and O–H groups in total. The van der Waals surface area contributed by atoms with E-state index in [1.54, 1.807) is 11.3 Å². The first-order valence-electron chi connectivity index (χ1n) is 6.69. The van der Waals surface area contributed by atoms with Crippen molar-refractivity contribution < 1.29 is 0 Å². The summed E-state index contributed by atoms with van der Waals surface area (Å²) in [6.45, 7) is 5.59. The molecule has 0 saturated carbocycles. The molecule has 0 unspecified atom stereocenters. The molecule has 0 aliphatic heterocycles. The molecule has 108 valence electrons. The van der Waals surface area contributed by atoms with Gasteiger partial charge in [-0.15, -0.1) is 11.3 Å². The lowest BCUT2D eigenvalue weighted by atomic mass is 10.1. The van der Waals surface area contributed by atoms with Gasteiger partial charge in [0.05, 0.1) is 10.6 Å². The summed E-state index contributed by atoms with van der Waals surface area (Å²) in [7, 11) is 0. The van der Waals surface area contributed by atoms with E-state index < -0.39 is 0 Å². The number of nitrogens with two attached hydrogens (primary N) is 2. The number of nitrogen functional groups attached to an aromatic ring is 1. The topological polar surface area (TPSA) is 77.0 Å². The smallest absolute Gasteiger partial charge is 0.126 e. The summed E-state index contributed by atoms with van der Waals surface area (Å²) in [6.07, 6.45) is 2.01. The van der Waals surface area contributed by atoms with Crippen molar-refractivity contribution in [1.82, 2.24) is 10.3 Å². The van der Waals surface area contributed by atoms with Gasteiger partial charge in [0.15, 0.2) is 0 Å². The molecule has 2 rings (SSSR count). The first-order chi connectivity index (χ1) is 9.54. The zero-order chi connectivity index (χ0) is 14.7. The van der Waals surface area contributed by atoms with Crippen LogP contribution >= 0.6 is 23.6 Å². The maximum absolute atomic E-state index is 6.24. The number of nitrogens with one attached hydrogen (secondary N) is 1. The molecule has 0 bridgehead atoms. The Morgan fingerprint density at radius 1 is 1.40 bits per heavy atom. The lowest BCUT2D eigenvalue weighted by molar-refractivity contribution is 0.721. The molecule has 6 heteroatoms. The average Bonchev–Trinajstić information content (AvgIpc) is 2.71. The maximum atomic E-state index is 6.24. The number of hydrogen-bond donors (Lipinski definition) is 3. The number of anilines is 1. The van der Waals surface area contributed by atoms with Gasteiger partial charge < -0.3 is 16.8 Å². The van der Waals surface area contributed by atoms with Gasteiger partial charge in [0, 0.05) is 17.6 Å². The highest BCUT2D eigenvalue weighted by Gasteiger charge is 2.16. The number of pyridine rings is 1. The normalized spacial score (nSPS) is 10.9. The van der Waals surface area contributed by atoms with Crippen LogP contribution in [0.2, 0.25) is 0 Å². The summed E-state index contributed by atoms with van der Waals surface area (Å²) in [6, 6.07) is 2.05. The van der Waals surface area contributed by atoms with Crippen LogP contribution in [0.5, 0.6) is 0 Å². The van der Waals surface area contributed by atoms with Crippen LogP contribution in [0.1, 0.15) is 29.0 Å². The average molecular weight is 308 g/mol. The van der Waals surface area contributed by atoms with Gasteiger partial charge in [-0.1, -0.05) is 12.2 Å². The summed E-state index contributed by atoms with van der Waals surface area (Å²) in [4.78, 5) is 7.13. The van der Waals surface area contributed by atoms with Crippen molar-refractivity contribution in [3.05, 3.63) is 22.2 Å². The first kappa shape index (κ1) is 15.2. The second-order valence-electron chi connectivity index (χ2n) is 4.86. The van der Waals surface area contributed by atoms with E-state index in [-0.39, 0.29) is 0 Å². The zero-order valence-corrected chi connectivity index (χ0v) is 13.5. The van der Waals surface area contributed by atoms with E-state index in [9.17, 15) is 0 Å². The van der Waals surface area contributed by atoms with Crippen LogP contribution in [-0.4, -0.2) is 23.1 Å². The summed E-state index contributed by atoms with van der Waals surface area (Å²) < 4.78 is 0. The standard InChI is InChI=1S/C14H20N4S2/c1-8-7-9(2)18-14-10(8)11(16)12(20-14)13(19)17-6-4-3-5-15/h7H,3-6,15-16H2,1-2H3,(H,17,19). The minimum absolute atomic E-state index is 0.708. The Balaban J connectivity index is 2.24. The minimum Gasteiger partial charge on any atom is -0.397 e. The molecule has 2 heterocycles. The summed E-state index contributed by atoms with van der Waals surface area (Å²) in [5.74, 6) is 0. The lowest BCUT2D eigenvalue weighted by Crippen LogP contribution is -2.23. The van der Waals surface area contributed by atoms with Crippen molar-refractivity contribution in [2.75, 3.05) is 18.8 Å². The Bertz CT molecular complexity index is 634. The van der Waals surface area contributed by atoms with Crippen LogP contribution < -0.4 is 16.8 Å². The fourth-order valence-corrected chi connectivity index (χ4v) is 3.66. The molecule has 2 aromatic heterocycles. The van der Waals surface area contributed by atoms with E-state index in [1.165, 1.54) is 0 Å². The number of thiophene rings is 1. The van der Waals surface area contributed by atoms with E-state index in [4.69, 9.17) is 23.7 Å². The highest BCUT2D eigenvalue weighted by molar-refractivity contribution is 7.81. The highest BCUT2D eigenvalue weighted by atomic mass is 32.1. The minimum atomic E-state index is 0.708. The highest BCUT2D eigenvalue weighted by Crippen LogP contribution is 2.35. The lowest BCUT2D eigenvalue weighted by Gasteiger charge is -2.06. The Labute approximate surface area is 128 Å². The van der Waals surface area contributed by atoms with E-state index in [0.717, 1.165) is 51.4 Å². The number of fused-ring (bicyclic) bond motifs is 1. The van der Waals surface area contributed by atoms with Crippen LogP contribution in [0, 0.1) is 13.8 Å². The molecule has 0 radical (unpaired) electrons. The summed E-state index contributed by atoms with van der Waals surface area (Å²) in [5, 5.41) is 4.28. The molecule has 0 amide bonds. The molecule has 0 spiro atoms. The molecule has 0 aliphatic rings. The van der Waals surface area contributed by atoms with Gasteiger partial charge in [0.2, 0.25) is 0 Å². The molecule has 2 aromatic rings. The third-order valence-electron chi connectivity index (χ3n) is 3.15. The Morgan fingerprint density at radius 2 is 2.15 bits per heavy atom. The molecule has 20 heavy (non-hydrogen) atoms. The van der Waals surface area contributed by atoms with E-state index in [1.807, 2.05) is 13.0 Å². The van der Waals surface area contributed by atoms with Crippen molar-refractivity contribution in [3.8, 4) is 0 Å². The predicted molar refractivity (Wildman–Crippen MR) is 91.5 cm³/mol. The largest absolute Gasteiger partial charge is 0.397 e. The molecule has 0 aromatic carbocycles. The zero-order valence-electron chi connectivity index (χ0n) is 11.8. The maximum Gasteiger partial charge on any atom is 0.126 e. The van der Waals surface area contributed by atoms with Crippen molar-refractivity contribution >= 4 is 44.4 Å². The fourth-order valence-electron chi connectivity index (χ4n) is 2.19. The number of hydrogen-bond acceptors (Lipinski definition) is 5. The van der Waals surface area contributed by atoms with Gasteiger partial charge in [-0.25, -0.2) is 4.98 Å². The molecule has 0 fully saturated rings. The third-order valence-corrected chi connectivity index (χ3v) is 4.74. The second kappa shape index (κ2) is 6.47. The Hall–Kier alpha value is -1.24. The number of rotatable bonds is 5. The molecule has 0 aliphatic carbocycles. The number of thiocarbonyl (C=S) groups is 1. The Morgan fingerprint density at radius 3 is 2.85 bits per heavy atom. The molecule has 4 nitrogen and oxygen atoms in total. The molecular formula is C14H20N4S2. The van der Waals surface area contributed by atoms with E-state index in [2.05, 4.69) is 17.2 Å². The summed E-state index contributed by atoms with van der Waals surface area (Å²) >= 11 is 6.99. The number of unbranched alkanes of at least 4 members (excludes halogenated alkanes) is 1. The van der Waals surface area contributed by atoms with Gasteiger partial charge in [-0.05, 0) is 44.9 Å². The number of aryl methyl sites for hydroxylation is 2. The first-order valence-corrected chi connectivity index (χ1v) is 7.91. The van der Waals surface area contributed by atoms with Gasteiger partial charge in [0.25, 0.3) is 0 Å². The van der Waals surface area contributed by atoms with Crippen molar-refractivity contribution in [3.63, 3.8) is 0 Å². The molecular weight excluding hydrogens is 288 g/mol. The third kappa shape index (κ3) is 3.08. The van der Waals surface area contributed by atoms with Crippen LogP contribution in [-0.2, 0) is 0 Å².